The van der Waals surface area contributed by atoms with Gasteiger partial charge < -0.3 is 5.11 Å². The van der Waals surface area contributed by atoms with Crippen molar-refractivity contribution in [2.45, 2.75) is 0 Å². The number of carboxylic acids is 1. The average Bonchev–Trinajstić information content (AvgIpc) is 2.16. The van der Waals surface area contributed by atoms with E-state index in [-0.39, 0.29) is 5.56 Å². The summed E-state index contributed by atoms with van der Waals surface area (Å²) in [4.78, 5) is 14.7. The van der Waals surface area contributed by atoms with Gasteiger partial charge in [0.15, 0.2) is 0 Å². The summed E-state index contributed by atoms with van der Waals surface area (Å²) in [6, 6.07) is 7.16. The van der Waals surface area contributed by atoms with Gasteiger partial charge in [-0.3, -0.25) is 4.98 Å². The molecule has 0 atom stereocenters. The Morgan fingerprint density at radius 1 is 1.36 bits per heavy atom. The Kier molecular flexibility index (Phi) is 2.21. The van der Waals surface area contributed by atoms with Gasteiger partial charge in [0.1, 0.15) is 0 Å². The van der Waals surface area contributed by atoms with E-state index in [1.165, 1.54) is 6.20 Å². The van der Waals surface area contributed by atoms with Crippen molar-refractivity contribution in [1.82, 2.24) is 4.98 Å². The van der Waals surface area contributed by atoms with Gasteiger partial charge >= 0.3 is 5.97 Å². The van der Waals surface area contributed by atoms with E-state index in [0.29, 0.717) is 0 Å². The lowest BCUT2D eigenvalue weighted by Gasteiger charge is -1.99. The summed E-state index contributed by atoms with van der Waals surface area (Å²) < 4.78 is 0.911. The molecule has 0 spiro atoms. The first-order chi connectivity index (χ1) is 6.66. The zero-order chi connectivity index (χ0) is 10.1. The molecule has 0 aliphatic heterocycles. The van der Waals surface area contributed by atoms with Crippen molar-refractivity contribution in [2.24, 2.45) is 0 Å². The van der Waals surface area contributed by atoms with Crippen LogP contribution in [0.4, 0.5) is 0 Å². The lowest BCUT2D eigenvalue weighted by atomic mass is 10.2. The molecule has 14 heavy (non-hydrogen) atoms. The first kappa shape index (κ1) is 9.15. The van der Waals surface area contributed by atoms with E-state index in [2.05, 4.69) is 20.9 Å². The van der Waals surface area contributed by atoms with Crippen LogP contribution in [0.1, 0.15) is 10.4 Å². The molecule has 0 fully saturated rings. The monoisotopic (exact) mass is 251 g/mol. The fourth-order valence-electron chi connectivity index (χ4n) is 1.22. The molecule has 2 rings (SSSR count). The van der Waals surface area contributed by atoms with Crippen LogP contribution in [0.2, 0.25) is 0 Å². The molecule has 0 aliphatic rings. The second-order valence-electron chi connectivity index (χ2n) is 2.87. The molecule has 1 aromatic heterocycles. The Hall–Kier alpha value is -1.42. The maximum Gasteiger partial charge on any atom is 0.337 e. The Labute approximate surface area is 88.5 Å². The third-order valence-electron chi connectivity index (χ3n) is 1.89. The summed E-state index contributed by atoms with van der Waals surface area (Å²) in [5.41, 5.74) is 0.994. The van der Waals surface area contributed by atoms with E-state index in [4.69, 9.17) is 5.11 Å². The van der Waals surface area contributed by atoms with Crippen molar-refractivity contribution in [1.29, 1.82) is 0 Å². The van der Waals surface area contributed by atoms with E-state index in [9.17, 15) is 4.79 Å². The van der Waals surface area contributed by atoms with E-state index >= 15 is 0 Å². The molecule has 1 N–H and O–H groups in total. The van der Waals surface area contributed by atoms with E-state index in [0.717, 1.165) is 15.4 Å². The Balaban J connectivity index is 2.69. The smallest absolute Gasteiger partial charge is 0.337 e. The van der Waals surface area contributed by atoms with Crippen molar-refractivity contribution in [3.8, 4) is 0 Å². The van der Waals surface area contributed by atoms with Gasteiger partial charge in [0.05, 0.1) is 11.1 Å². The number of benzene rings is 1. The van der Waals surface area contributed by atoms with Crippen molar-refractivity contribution >= 4 is 32.8 Å². The molecule has 4 heteroatoms. The van der Waals surface area contributed by atoms with Crippen LogP contribution in [0, 0.1) is 0 Å². The number of hydrogen-bond acceptors (Lipinski definition) is 2. The molecule has 0 saturated carbocycles. The molecule has 0 aliphatic carbocycles. The van der Waals surface area contributed by atoms with Crippen molar-refractivity contribution in [3.05, 3.63) is 40.5 Å². The molecule has 70 valence electrons. The maximum absolute atomic E-state index is 10.7. The van der Waals surface area contributed by atoms with Crippen LogP contribution in [0.25, 0.3) is 10.9 Å². The van der Waals surface area contributed by atoms with Crippen LogP contribution in [-0.2, 0) is 0 Å². The predicted octanol–water partition coefficient (Wildman–Crippen LogP) is 2.70. The minimum absolute atomic E-state index is 0.204. The fourth-order valence-corrected chi connectivity index (χ4v) is 1.60. The summed E-state index contributed by atoms with van der Waals surface area (Å²) in [6.07, 6.45) is 1.36. The number of carbonyl (C=O) groups is 1. The number of pyridine rings is 1. The molecule has 0 bridgehead atoms. The van der Waals surface area contributed by atoms with Gasteiger partial charge in [-0.2, -0.15) is 0 Å². The van der Waals surface area contributed by atoms with Crippen molar-refractivity contribution in [2.75, 3.05) is 0 Å². The average molecular weight is 252 g/mol. The SMILES string of the molecule is O=C(O)c1cnc2ccc(Br)cc2c1. The summed E-state index contributed by atoms with van der Waals surface area (Å²) in [5, 5.41) is 9.58. The van der Waals surface area contributed by atoms with E-state index in [1.54, 1.807) is 6.07 Å². The number of fused-ring (bicyclic) bond motifs is 1. The molecule has 2 aromatic rings. The van der Waals surface area contributed by atoms with Gasteiger partial charge in [0.25, 0.3) is 0 Å². The van der Waals surface area contributed by atoms with Crippen molar-refractivity contribution < 1.29 is 9.90 Å². The molecule has 3 nitrogen and oxygen atoms in total. The number of nitrogens with zero attached hydrogens (tertiary/aromatic N) is 1. The van der Waals surface area contributed by atoms with Crippen LogP contribution >= 0.6 is 15.9 Å². The highest BCUT2D eigenvalue weighted by Crippen LogP contribution is 2.18. The summed E-state index contributed by atoms with van der Waals surface area (Å²) in [5.74, 6) is -0.959. The zero-order valence-corrected chi connectivity index (χ0v) is 8.65. The Bertz CT molecular complexity index is 510. The van der Waals surface area contributed by atoms with E-state index in [1.807, 2.05) is 18.2 Å². The number of hydrogen-bond donors (Lipinski definition) is 1. The predicted molar refractivity (Wildman–Crippen MR) is 56.4 cm³/mol. The molecule has 1 aromatic carbocycles. The quantitative estimate of drug-likeness (QED) is 0.848. The molecule has 1 heterocycles. The van der Waals surface area contributed by atoms with Gasteiger partial charge in [0.2, 0.25) is 0 Å². The molecule has 0 unspecified atom stereocenters. The molecule has 0 radical (unpaired) electrons. The third-order valence-corrected chi connectivity index (χ3v) is 2.38. The number of halogens is 1. The van der Waals surface area contributed by atoms with Gasteiger partial charge in [0, 0.05) is 16.1 Å². The number of aromatic nitrogens is 1. The van der Waals surface area contributed by atoms with E-state index < -0.39 is 5.97 Å². The minimum Gasteiger partial charge on any atom is -0.478 e. The lowest BCUT2D eigenvalue weighted by molar-refractivity contribution is 0.0696. The van der Waals surface area contributed by atoms with Crippen LogP contribution in [0.15, 0.2) is 34.9 Å². The highest BCUT2D eigenvalue weighted by molar-refractivity contribution is 9.10. The Morgan fingerprint density at radius 3 is 2.86 bits per heavy atom. The summed E-state index contributed by atoms with van der Waals surface area (Å²) >= 11 is 3.32. The normalized spacial score (nSPS) is 10.4. The standard InChI is InChI=1S/C10H6BrNO2/c11-8-1-2-9-6(4-8)3-7(5-12-9)10(13)14/h1-5H,(H,13,14). The zero-order valence-electron chi connectivity index (χ0n) is 7.07. The Morgan fingerprint density at radius 2 is 2.14 bits per heavy atom. The van der Waals surface area contributed by atoms with Crippen LogP contribution in [0.5, 0.6) is 0 Å². The first-order valence-corrected chi connectivity index (χ1v) is 4.75. The molecule has 0 saturated heterocycles. The fraction of sp³-hybridized carbons (Fsp3) is 0. The van der Waals surface area contributed by atoms with Crippen molar-refractivity contribution in [3.63, 3.8) is 0 Å². The summed E-state index contributed by atoms with van der Waals surface area (Å²) in [7, 11) is 0. The van der Waals surface area contributed by atoms with Gasteiger partial charge in [-0.25, -0.2) is 4.79 Å². The molecule has 0 amide bonds. The molecular weight excluding hydrogens is 246 g/mol. The van der Waals surface area contributed by atoms with Crippen LogP contribution in [0.3, 0.4) is 0 Å². The molecular formula is C10H6BrNO2. The largest absolute Gasteiger partial charge is 0.478 e. The number of aromatic carboxylic acids is 1. The number of rotatable bonds is 1. The minimum atomic E-state index is -0.959. The highest BCUT2D eigenvalue weighted by atomic mass is 79.9. The first-order valence-electron chi connectivity index (χ1n) is 3.95. The number of carboxylic acid groups (broad SMARTS) is 1. The lowest BCUT2D eigenvalue weighted by Crippen LogP contribution is -1.96. The van der Waals surface area contributed by atoms with Crippen LogP contribution < -0.4 is 0 Å². The maximum atomic E-state index is 10.7. The van der Waals surface area contributed by atoms with Crippen LogP contribution in [-0.4, -0.2) is 16.1 Å². The van der Waals surface area contributed by atoms with Gasteiger partial charge in [-0.15, -0.1) is 0 Å². The van der Waals surface area contributed by atoms with Gasteiger partial charge in [-0.1, -0.05) is 15.9 Å². The third kappa shape index (κ3) is 1.61. The highest BCUT2D eigenvalue weighted by Gasteiger charge is 2.04. The summed E-state index contributed by atoms with van der Waals surface area (Å²) in [6.45, 7) is 0. The second-order valence-corrected chi connectivity index (χ2v) is 3.78. The van der Waals surface area contributed by atoms with Gasteiger partial charge in [-0.05, 0) is 24.3 Å². The topological polar surface area (TPSA) is 50.2 Å². The second kappa shape index (κ2) is 3.38.